The van der Waals surface area contributed by atoms with Crippen LogP contribution in [-0.4, -0.2) is 50.0 Å². The molecule has 186 valence electrons. The van der Waals surface area contributed by atoms with Gasteiger partial charge in [0.05, 0.1) is 11.9 Å². The third-order valence-corrected chi connectivity index (χ3v) is 7.05. The fourth-order valence-corrected chi connectivity index (χ4v) is 5.11. The molecule has 0 aliphatic heterocycles. The molecule has 2 rings (SSSR count). The van der Waals surface area contributed by atoms with Gasteiger partial charge in [-0.05, 0) is 63.4 Å². The summed E-state index contributed by atoms with van der Waals surface area (Å²) in [7, 11) is -3.52. The summed E-state index contributed by atoms with van der Waals surface area (Å²) < 4.78 is 27.1. The quantitative estimate of drug-likeness (QED) is 0.452. The van der Waals surface area contributed by atoms with Gasteiger partial charge in [0, 0.05) is 30.0 Å². The van der Waals surface area contributed by atoms with E-state index in [-0.39, 0.29) is 37.4 Å². The van der Waals surface area contributed by atoms with Crippen LogP contribution in [0.4, 0.5) is 5.69 Å². The molecule has 0 radical (unpaired) electrons. The molecular formula is C25H34BrN3O4S. The van der Waals surface area contributed by atoms with Crippen LogP contribution in [0.15, 0.2) is 53.0 Å². The molecule has 0 saturated heterocycles. The highest BCUT2D eigenvalue weighted by atomic mass is 79.9. The van der Waals surface area contributed by atoms with Gasteiger partial charge in [-0.3, -0.25) is 13.9 Å². The van der Waals surface area contributed by atoms with Gasteiger partial charge < -0.3 is 10.2 Å². The number of rotatable bonds is 11. The number of sulfonamides is 1. The third kappa shape index (κ3) is 8.13. The smallest absolute Gasteiger partial charge is 0.242 e. The van der Waals surface area contributed by atoms with Crippen LogP contribution in [0.1, 0.15) is 44.7 Å². The molecular weight excluding hydrogens is 518 g/mol. The van der Waals surface area contributed by atoms with E-state index in [4.69, 9.17) is 0 Å². The van der Waals surface area contributed by atoms with Gasteiger partial charge in [-0.2, -0.15) is 0 Å². The minimum absolute atomic E-state index is 0.0461. The first-order chi connectivity index (χ1) is 15.9. The third-order valence-electron chi connectivity index (χ3n) is 5.38. The zero-order chi connectivity index (χ0) is 25.5. The van der Waals surface area contributed by atoms with Crippen molar-refractivity contribution in [2.24, 2.45) is 0 Å². The zero-order valence-electron chi connectivity index (χ0n) is 20.4. The largest absolute Gasteiger partial charge is 0.352 e. The van der Waals surface area contributed by atoms with Crippen molar-refractivity contribution >= 4 is 43.5 Å². The van der Waals surface area contributed by atoms with E-state index in [9.17, 15) is 18.0 Å². The van der Waals surface area contributed by atoms with Gasteiger partial charge >= 0.3 is 0 Å². The number of carbonyl (C=O) groups excluding carboxylic acids is 2. The molecule has 2 aromatic carbocycles. The lowest BCUT2D eigenvalue weighted by Crippen LogP contribution is -2.49. The number of amides is 2. The molecule has 2 amide bonds. The molecule has 1 atom stereocenters. The van der Waals surface area contributed by atoms with E-state index in [0.29, 0.717) is 12.1 Å². The molecule has 9 heteroatoms. The van der Waals surface area contributed by atoms with Crippen LogP contribution < -0.4 is 9.62 Å². The van der Waals surface area contributed by atoms with Crippen molar-refractivity contribution in [3.05, 3.63) is 64.1 Å². The molecule has 0 fully saturated rings. The van der Waals surface area contributed by atoms with Crippen molar-refractivity contribution in [3.8, 4) is 0 Å². The standard InChI is InChI=1S/C25H34BrN3O4S/c1-18(2)27-25(31)20(4)28(17-21-11-8-12-22(26)16-21)24(30)14-9-15-29(34(5,32)33)23-13-7-6-10-19(23)3/h6-8,10-13,16,18,20H,9,14-15,17H2,1-5H3,(H,27,31). The first-order valence-corrected chi connectivity index (χ1v) is 13.9. The van der Waals surface area contributed by atoms with Crippen molar-refractivity contribution in [2.75, 3.05) is 17.1 Å². The van der Waals surface area contributed by atoms with E-state index in [2.05, 4.69) is 21.2 Å². The first-order valence-electron chi connectivity index (χ1n) is 11.3. The predicted molar refractivity (Wildman–Crippen MR) is 140 cm³/mol. The van der Waals surface area contributed by atoms with E-state index < -0.39 is 16.1 Å². The normalized spacial score (nSPS) is 12.3. The number of hydrogen-bond acceptors (Lipinski definition) is 4. The molecule has 0 aromatic heterocycles. The number of benzene rings is 2. The number of halogens is 1. The molecule has 1 N–H and O–H groups in total. The van der Waals surface area contributed by atoms with Crippen molar-refractivity contribution < 1.29 is 18.0 Å². The van der Waals surface area contributed by atoms with Crippen molar-refractivity contribution in [2.45, 2.75) is 59.2 Å². The predicted octanol–water partition coefficient (Wildman–Crippen LogP) is 4.25. The van der Waals surface area contributed by atoms with Crippen LogP contribution >= 0.6 is 15.9 Å². The summed E-state index contributed by atoms with van der Waals surface area (Å²) >= 11 is 3.45. The van der Waals surface area contributed by atoms with Crippen LogP contribution in [-0.2, 0) is 26.2 Å². The molecule has 0 aliphatic carbocycles. The fraction of sp³-hybridized carbons (Fsp3) is 0.440. The Labute approximate surface area is 211 Å². The first kappa shape index (κ1) is 27.9. The SMILES string of the molecule is Cc1ccccc1N(CCCC(=O)N(Cc1cccc(Br)c1)C(C)C(=O)NC(C)C)S(C)(=O)=O. The van der Waals surface area contributed by atoms with Crippen LogP contribution in [0, 0.1) is 6.92 Å². The Hall–Kier alpha value is -2.39. The van der Waals surface area contributed by atoms with Crippen LogP contribution in [0.25, 0.3) is 0 Å². The maximum Gasteiger partial charge on any atom is 0.242 e. The Balaban J connectivity index is 2.18. The Morgan fingerprint density at radius 1 is 1.06 bits per heavy atom. The molecule has 0 bridgehead atoms. The summed E-state index contributed by atoms with van der Waals surface area (Å²) in [5, 5.41) is 2.87. The fourth-order valence-electron chi connectivity index (χ4n) is 3.65. The molecule has 1 unspecified atom stereocenters. The average Bonchev–Trinajstić information content (AvgIpc) is 2.74. The Morgan fingerprint density at radius 2 is 1.74 bits per heavy atom. The molecule has 0 aliphatic rings. The van der Waals surface area contributed by atoms with Gasteiger partial charge in [0.25, 0.3) is 0 Å². The van der Waals surface area contributed by atoms with Crippen molar-refractivity contribution in [1.82, 2.24) is 10.2 Å². The van der Waals surface area contributed by atoms with Crippen molar-refractivity contribution in [1.29, 1.82) is 0 Å². The Bertz CT molecular complexity index is 1100. The van der Waals surface area contributed by atoms with Gasteiger partial charge in [0.1, 0.15) is 6.04 Å². The Kier molecular flexibility index (Phi) is 10.1. The zero-order valence-corrected chi connectivity index (χ0v) is 22.8. The summed E-state index contributed by atoms with van der Waals surface area (Å²) in [4.78, 5) is 27.5. The maximum absolute atomic E-state index is 13.3. The second-order valence-corrected chi connectivity index (χ2v) is 11.5. The summed E-state index contributed by atoms with van der Waals surface area (Å²) in [6.07, 6.45) is 1.61. The molecule has 7 nitrogen and oxygen atoms in total. The van der Waals surface area contributed by atoms with Crippen LogP contribution in [0.2, 0.25) is 0 Å². The summed E-state index contributed by atoms with van der Waals surface area (Å²) in [5.74, 6) is -0.430. The van der Waals surface area contributed by atoms with Crippen LogP contribution in [0.5, 0.6) is 0 Å². The number of anilines is 1. The van der Waals surface area contributed by atoms with E-state index in [1.807, 2.05) is 57.2 Å². The second kappa shape index (κ2) is 12.4. The summed E-state index contributed by atoms with van der Waals surface area (Å²) in [6.45, 7) is 7.76. The number of carbonyl (C=O) groups is 2. The lowest BCUT2D eigenvalue weighted by atomic mass is 10.1. The van der Waals surface area contributed by atoms with E-state index in [0.717, 1.165) is 15.6 Å². The second-order valence-electron chi connectivity index (χ2n) is 8.72. The number of para-hydroxylation sites is 1. The lowest BCUT2D eigenvalue weighted by molar-refractivity contribution is -0.140. The van der Waals surface area contributed by atoms with E-state index in [1.165, 1.54) is 10.6 Å². The minimum Gasteiger partial charge on any atom is -0.352 e. The molecule has 34 heavy (non-hydrogen) atoms. The summed E-state index contributed by atoms with van der Waals surface area (Å²) in [5.41, 5.74) is 2.34. The average molecular weight is 553 g/mol. The molecule has 0 saturated carbocycles. The molecule has 0 spiro atoms. The monoisotopic (exact) mass is 551 g/mol. The highest BCUT2D eigenvalue weighted by Crippen LogP contribution is 2.23. The highest BCUT2D eigenvalue weighted by Gasteiger charge is 2.27. The maximum atomic E-state index is 13.3. The van der Waals surface area contributed by atoms with Crippen LogP contribution in [0.3, 0.4) is 0 Å². The van der Waals surface area contributed by atoms with Gasteiger partial charge in [-0.1, -0.05) is 46.3 Å². The van der Waals surface area contributed by atoms with Gasteiger partial charge in [-0.25, -0.2) is 8.42 Å². The Morgan fingerprint density at radius 3 is 2.32 bits per heavy atom. The number of nitrogens with zero attached hydrogens (tertiary/aromatic N) is 2. The molecule has 2 aromatic rings. The van der Waals surface area contributed by atoms with E-state index >= 15 is 0 Å². The van der Waals surface area contributed by atoms with Gasteiger partial charge in [-0.15, -0.1) is 0 Å². The lowest BCUT2D eigenvalue weighted by Gasteiger charge is -2.30. The minimum atomic E-state index is -3.52. The van der Waals surface area contributed by atoms with E-state index in [1.54, 1.807) is 24.0 Å². The number of aryl methyl sites for hydroxylation is 1. The van der Waals surface area contributed by atoms with Gasteiger partial charge in [0.2, 0.25) is 21.8 Å². The van der Waals surface area contributed by atoms with Crippen molar-refractivity contribution in [3.63, 3.8) is 0 Å². The number of hydrogen-bond donors (Lipinski definition) is 1. The molecule has 0 heterocycles. The topological polar surface area (TPSA) is 86.8 Å². The summed E-state index contributed by atoms with van der Waals surface area (Å²) in [6, 6.07) is 14.1. The highest BCUT2D eigenvalue weighted by molar-refractivity contribution is 9.10. The van der Waals surface area contributed by atoms with Gasteiger partial charge in [0.15, 0.2) is 0 Å². The number of nitrogens with one attached hydrogen (secondary N) is 1.